The maximum absolute atomic E-state index is 12.6. The van der Waals surface area contributed by atoms with E-state index < -0.39 is 17.6 Å². The summed E-state index contributed by atoms with van der Waals surface area (Å²) in [6.45, 7) is 2.45. The van der Waals surface area contributed by atoms with Gasteiger partial charge in [0.1, 0.15) is 5.82 Å². The van der Waals surface area contributed by atoms with E-state index in [2.05, 4.69) is 15.2 Å². The van der Waals surface area contributed by atoms with Crippen LogP contribution in [0.25, 0.3) is 0 Å². The van der Waals surface area contributed by atoms with E-state index in [0.29, 0.717) is 6.92 Å². The van der Waals surface area contributed by atoms with Gasteiger partial charge >= 0.3 is 6.18 Å². The molecule has 1 aliphatic rings. The first-order valence-electron chi connectivity index (χ1n) is 6.60. The predicted molar refractivity (Wildman–Crippen MR) is 73.0 cm³/mol. The number of hydrogen-bond acceptors (Lipinski definition) is 4. The molecule has 1 aromatic heterocycles. The van der Waals surface area contributed by atoms with Crippen LogP contribution in [0.15, 0.2) is 18.3 Å². The molecule has 0 aliphatic carbocycles. The molecular weight excluding hydrogens is 285 g/mol. The van der Waals surface area contributed by atoms with E-state index >= 15 is 0 Å². The van der Waals surface area contributed by atoms with Crippen molar-refractivity contribution < 1.29 is 18.0 Å². The lowest BCUT2D eigenvalue weighted by atomic mass is 10.0. The topological polar surface area (TPSA) is 71.2 Å². The van der Waals surface area contributed by atoms with Crippen LogP contribution in [0.2, 0.25) is 0 Å². The van der Waals surface area contributed by atoms with Crippen LogP contribution in [0.1, 0.15) is 19.8 Å². The van der Waals surface area contributed by atoms with Crippen molar-refractivity contribution in [1.82, 2.24) is 4.98 Å². The largest absolute Gasteiger partial charge is 0.415 e. The molecule has 1 aliphatic heterocycles. The Balaban J connectivity index is 2.05. The van der Waals surface area contributed by atoms with E-state index in [-0.39, 0.29) is 5.69 Å². The Morgan fingerprint density at radius 3 is 2.43 bits per heavy atom. The summed E-state index contributed by atoms with van der Waals surface area (Å²) in [5.74, 6) is -0.567. The van der Waals surface area contributed by atoms with Gasteiger partial charge in [-0.2, -0.15) is 13.2 Å². The molecule has 0 aromatic carbocycles. The zero-order valence-corrected chi connectivity index (χ0v) is 11.6. The maximum atomic E-state index is 12.6. The molecule has 2 rings (SSSR count). The maximum Gasteiger partial charge on any atom is 0.415 e. The summed E-state index contributed by atoms with van der Waals surface area (Å²) >= 11 is 0. The minimum absolute atomic E-state index is 0.184. The molecule has 1 saturated heterocycles. The summed E-state index contributed by atoms with van der Waals surface area (Å²) < 4.78 is 37.9. The number of amides is 1. The molecule has 1 atom stereocenters. The smallest absolute Gasteiger partial charge is 0.357 e. The van der Waals surface area contributed by atoms with Crippen LogP contribution in [-0.4, -0.2) is 35.7 Å². The molecule has 116 valence electrons. The molecular formula is C13H17F3N4O. The van der Waals surface area contributed by atoms with Crippen LogP contribution < -0.4 is 16.0 Å². The fraction of sp³-hybridized carbons (Fsp3) is 0.538. The average molecular weight is 302 g/mol. The predicted octanol–water partition coefficient (Wildman–Crippen LogP) is 1.90. The van der Waals surface area contributed by atoms with Gasteiger partial charge in [0.25, 0.3) is 5.91 Å². The highest BCUT2D eigenvalue weighted by Gasteiger charge is 2.53. The van der Waals surface area contributed by atoms with E-state index in [1.807, 2.05) is 0 Å². The highest BCUT2D eigenvalue weighted by Crippen LogP contribution is 2.29. The quantitative estimate of drug-likeness (QED) is 0.894. The number of aromatic nitrogens is 1. The van der Waals surface area contributed by atoms with Crippen molar-refractivity contribution in [2.75, 3.05) is 23.3 Å². The Morgan fingerprint density at radius 1 is 1.33 bits per heavy atom. The van der Waals surface area contributed by atoms with Crippen molar-refractivity contribution in [3.8, 4) is 0 Å². The van der Waals surface area contributed by atoms with Gasteiger partial charge in [-0.3, -0.25) is 4.79 Å². The van der Waals surface area contributed by atoms with Crippen LogP contribution in [0.4, 0.5) is 24.7 Å². The van der Waals surface area contributed by atoms with Crippen molar-refractivity contribution in [1.29, 1.82) is 0 Å². The molecule has 0 spiro atoms. The number of rotatable bonds is 3. The lowest BCUT2D eigenvalue weighted by molar-refractivity contribution is -0.184. The zero-order valence-electron chi connectivity index (χ0n) is 11.6. The first kappa shape index (κ1) is 15.6. The molecule has 5 nitrogen and oxygen atoms in total. The van der Waals surface area contributed by atoms with Gasteiger partial charge in [-0.05, 0) is 31.9 Å². The van der Waals surface area contributed by atoms with Crippen molar-refractivity contribution in [3.63, 3.8) is 0 Å². The van der Waals surface area contributed by atoms with Gasteiger partial charge in [-0.1, -0.05) is 0 Å². The molecule has 2 heterocycles. The number of anilines is 2. The van der Waals surface area contributed by atoms with Crippen LogP contribution >= 0.6 is 0 Å². The van der Waals surface area contributed by atoms with E-state index in [1.165, 1.54) is 12.3 Å². The van der Waals surface area contributed by atoms with Gasteiger partial charge < -0.3 is 16.0 Å². The monoisotopic (exact) mass is 302 g/mol. The highest BCUT2D eigenvalue weighted by molar-refractivity contribution is 5.98. The number of alkyl halides is 3. The minimum atomic E-state index is -4.82. The average Bonchev–Trinajstić information content (AvgIpc) is 2.92. The van der Waals surface area contributed by atoms with Crippen LogP contribution in [-0.2, 0) is 4.79 Å². The molecule has 1 amide bonds. The Kier molecular flexibility index (Phi) is 4.08. The standard InChI is InChI=1S/C13H17F3N4O/c1-12(17,13(14,15)16)11(21)19-9-4-5-10(18-8-9)20-6-2-3-7-20/h4-5,8H,2-3,6-7,17H2,1H3,(H,19,21). The number of nitrogens with one attached hydrogen (secondary N) is 1. The Labute approximate surface area is 120 Å². The third-order valence-electron chi connectivity index (χ3n) is 3.50. The minimum Gasteiger partial charge on any atom is -0.357 e. The molecule has 0 radical (unpaired) electrons. The second-order valence-corrected chi connectivity index (χ2v) is 5.25. The van der Waals surface area contributed by atoms with E-state index in [1.54, 1.807) is 6.07 Å². The third-order valence-corrected chi connectivity index (χ3v) is 3.50. The summed E-state index contributed by atoms with van der Waals surface area (Å²) in [4.78, 5) is 17.9. The number of carbonyl (C=O) groups excluding carboxylic acids is 1. The van der Waals surface area contributed by atoms with E-state index in [0.717, 1.165) is 31.7 Å². The number of nitrogens with zero attached hydrogens (tertiary/aromatic N) is 2. The van der Waals surface area contributed by atoms with Crippen LogP contribution in [0, 0.1) is 0 Å². The molecule has 0 saturated carbocycles. The number of hydrogen-bond donors (Lipinski definition) is 2. The molecule has 21 heavy (non-hydrogen) atoms. The fourth-order valence-corrected chi connectivity index (χ4v) is 1.98. The van der Waals surface area contributed by atoms with Crippen molar-refractivity contribution >= 4 is 17.4 Å². The first-order chi connectivity index (χ1) is 9.72. The van der Waals surface area contributed by atoms with E-state index in [4.69, 9.17) is 5.73 Å². The molecule has 8 heteroatoms. The summed E-state index contributed by atoms with van der Waals surface area (Å²) in [6.07, 6.45) is -1.30. The van der Waals surface area contributed by atoms with Gasteiger partial charge in [-0.15, -0.1) is 0 Å². The normalized spacial score (nSPS) is 18.4. The van der Waals surface area contributed by atoms with Gasteiger partial charge in [-0.25, -0.2) is 4.98 Å². The lowest BCUT2D eigenvalue weighted by Gasteiger charge is -2.26. The highest BCUT2D eigenvalue weighted by atomic mass is 19.4. The molecule has 3 N–H and O–H groups in total. The SMILES string of the molecule is CC(N)(C(=O)Nc1ccc(N2CCCC2)nc1)C(F)(F)F. The number of halogens is 3. The molecule has 1 aromatic rings. The zero-order chi connectivity index (χ0) is 15.7. The van der Waals surface area contributed by atoms with Gasteiger partial charge in [0.05, 0.1) is 11.9 Å². The van der Waals surface area contributed by atoms with Crippen molar-refractivity contribution in [3.05, 3.63) is 18.3 Å². The second kappa shape index (κ2) is 5.51. The van der Waals surface area contributed by atoms with Gasteiger partial charge in [0, 0.05) is 13.1 Å². The van der Waals surface area contributed by atoms with Gasteiger partial charge in [0.2, 0.25) is 0 Å². The summed E-state index contributed by atoms with van der Waals surface area (Å²) in [5, 5.41) is 2.14. The van der Waals surface area contributed by atoms with Crippen LogP contribution in [0.5, 0.6) is 0 Å². The number of nitrogens with two attached hydrogens (primary N) is 1. The fourth-order valence-electron chi connectivity index (χ4n) is 1.98. The Hall–Kier alpha value is -1.83. The summed E-state index contributed by atoms with van der Waals surface area (Å²) in [7, 11) is 0. The Morgan fingerprint density at radius 2 is 1.95 bits per heavy atom. The summed E-state index contributed by atoms with van der Waals surface area (Å²) in [6, 6.07) is 3.19. The van der Waals surface area contributed by atoms with Crippen LogP contribution in [0.3, 0.4) is 0 Å². The molecule has 1 fully saturated rings. The molecule has 0 bridgehead atoms. The van der Waals surface area contributed by atoms with Crippen molar-refractivity contribution in [2.24, 2.45) is 5.73 Å². The first-order valence-corrected chi connectivity index (χ1v) is 6.60. The lowest BCUT2D eigenvalue weighted by Crippen LogP contribution is -2.59. The van der Waals surface area contributed by atoms with Gasteiger partial charge in [0.15, 0.2) is 5.54 Å². The Bertz CT molecular complexity index is 507. The number of pyridine rings is 1. The van der Waals surface area contributed by atoms with Crippen molar-refractivity contribution in [2.45, 2.75) is 31.5 Å². The summed E-state index contributed by atoms with van der Waals surface area (Å²) in [5.41, 5.74) is 2.29. The second-order valence-electron chi connectivity index (χ2n) is 5.25. The number of carbonyl (C=O) groups is 1. The third kappa shape index (κ3) is 3.26. The molecule has 1 unspecified atom stereocenters. The van der Waals surface area contributed by atoms with E-state index in [9.17, 15) is 18.0 Å².